The first kappa shape index (κ1) is 10.1. The summed E-state index contributed by atoms with van der Waals surface area (Å²) < 4.78 is 0. The molecule has 1 heterocycles. The quantitative estimate of drug-likeness (QED) is 0.740. The van der Waals surface area contributed by atoms with Crippen LogP contribution in [-0.4, -0.2) is 10.8 Å². The maximum atomic E-state index is 11.8. The van der Waals surface area contributed by atoms with Gasteiger partial charge in [0.15, 0.2) is 5.78 Å². The molecule has 0 radical (unpaired) electrons. The van der Waals surface area contributed by atoms with Crippen molar-refractivity contribution >= 4 is 17.1 Å². The van der Waals surface area contributed by atoms with Crippen molar-refractivity contribution < 1.29 is 4.79 Å². The maximum absolute atomic E-state index is 11.8. The van der Waals surface area contributed by atoms with Crippen molar-refractivity contribution in [1.82, 2.24) is 4.98 Å². The van der Waals surface area contributed by atoms with E-state index in [0.29, 0.717) is 6.42 Å². The van der Waals surface area contributed by atoms with E-state index in [1.165, 1.54) is 11.3 Å². The van der Waals surface area contributed by atoms with Gasteiger partial charge in [-0.1, -0.05) is 30.3 Å². The summed E-state index contributed by atoms with van der Waals surface area (Å²) in [6, 6.07) is 9.77. The topological polar surface area (TPSA) is 30.0 Å². The Morgan fingerprint density at radius 3 is 2.67 bits per heavy atom. The standard InChI is InChI=1S/C12H11NOS/c1-9-13-8-12(15-9)11(14)7-10-5-3-2-4-6-10/h2-6,8H,7H2,1H3. The number of thiazole rings is 1. The highest BCUT2D eigenvalue weighted by Crippen LogP contribution is 2.14. The Morgan fingerprint density at radius 1 is 1.33 bits per heavy atom. The van der Waals surface area contributed by atoms with Crippen molar-refractivity contribution in [3.05, 3.63) is 52.0 Å². The van der Waals surface area contributed by atoms with E-state index in [1.54, 1.807) is 6.20 Å². The zero-order valence-corrected chi connectivity index (χ0v) is 9.25. The predicted molar refractivity (Wildman–Crippen MR) is 61.3 cm³/mol. The monoisotopic (exact) mass is 217 g/mol. The van der Waals surface area contributed by atoms with Crippen molar-refractivity contribution in [2.75, 3.05) is 0 Å². The lowest BCUT2D eigenvalue weighted by molar-refractivity contribution is 0.0996. The number of hydrogen-bond acceptors (Lipinski definition) is 3. The van der Waals surface area contributed by atoms with Gasteiger partial charge in [0.2, 0.25) is 0 Å². The van der Waals surface area contributed by atoms with Crippen LogP contribution in [0.5, 0.6) is 0 Å². The number of rotatable bonds is 3. The van der Waals surface area contributed by atoms with Crippen LogP contribution in [0.1, 0.15) is 20.2 Å². The molecule has 15 heavy (non-hydrogen) atoms. The lowest BCUT2D eigenvalue weighted by Gasteiger charge is -1.97. The summed E-state index contributed by atoms with van der Waals surface area (Å²) in [6.07, 6.45) is 2.12. The van der Waals surface area contributed by atoms with Gasteiger partial charge in [-0.3, -0.25) is 4.79 Å². The molecule has 2 rings (SSSR count). The summed E-state index contributed by atoms with van der Waals surface area (Å²) in [5, 5.41) is 0.936. The van der Waals surface area contributed by atoms with Crippen LogP contribution in [-0.2, 0) is 6.42 Å². The second-order valence-corrected chi connectivity index (χ2v) is 4.56. The van der Waals surface area contributed by atoms with Gasteiger partial charge >= 0.3 is 0 Å². The van der Waals surface area contributed by atoms with Crippen LogP contribution in [0.25, 0.3) is 0 Å². The molecule has 1 aromatic carbocycles. The number of aryl methyl sites for hydroxylation is 1. The van der Waals surface area contributed by atoms with Crippen LogP contribution in [0, 0.1) is 6.92 Å². The van der Waals surface area contributed by atoms with Gasteiger partial charge in [0, 0.05) is 12.6 Å². The second kappa shape index (κ2) is 4.36. The Bertz CT molecular complexity index is 461. The number of ketones is 1. The molecule has 0 fully saturated rings. The van der Waals surface area contributed by atoms with Crippen molar-refractivity contribution in [3.63, 3.8) is 0 Å². The fraction of sp³-hybridized carbons (Fsp3) is 0.167. The molecule has 0 unspecified atom stereocenters. The zero-order chi connectivity index (χ0) is 10.7. The number of carbonyl (C=O) groups excluding carboxylic acids is 1. The summed E-state index contributed by atoms with van der Waals surface area (Å²) >= 11 is 1.45. The molecule has 1 aromatic heterocycles. The third-order valence-corrected chi connectivity index (χ3v) is 3.06. The highest BCUT2D eigenvalue weighted by atomic mass is 32.1. The summed E-state index contributed by atoms with van der Waals surface area (Å²) in [4.78, 5) is 16.6. The molecule has 0 saturated carbocycles. The largest absolute Gasteiger partial charge is 0.293 e. The van der Waals surface area contributed by atoms with Gasteiger partial charge in [0.05, 0.1) is 9.88 Å². The Kier molecular flexibility index (Phi) is 2.92. The fourth-order valence-electron chi connectivity index (χ4n) is 1.36. The first-order chi connectivity index (χ1) is 7.25. The van der Waals surface area contributed by atoms with Crippen molar-refractivity contribution in [2.45, 2.75) is 13.3 Å². The lowest BCUT2D eigenvalue weighted by Crippen LogP contribution is -2.00. The molecule has 0 aliphatic carbocycles. The van der Waals surface area contributed by atoms with Gasteiger partial charge in [0.1, 0.15) is 0 Å². The first-order valence-corrected chi connectivity index (χ1v) is 5.57. The maximum Gasteiger partial charge on any atom is 0.178 e. The van der Waals surface area contributed by atoms with Crippen LogP contribution in [0.3, 0.4) is 0 Å². The summed E-state index contributed by atoms with van der Waals surface area (Å²) in [6.45, 7) is 1.91. The number of carbonyl (C=O) groups is 1. The molecule has 76 valence electrons. The van der Waals surface area contributed by atoms with Gasteiger partial charge in [-0.2, -0.15) is 0 Å². The van der Waals surface area contributed by atoms with E-state index in [0.717, 1.165) is 15.4 Å². The average molecular weight is 217 g/mol. The minimum Gasteiger partial charge on any atom is -0.293 e. The third-order valence-electron chi connectivity index (χ3n) is 2.10. The molecule has 0 spiro atoms. The van der Waals surface area contributed by atoms with Crippen LogP contribution in [0.4, 0.5) is 0 Å². The number of nitrogens with zero attached hydrogens (tertiary/aromatic N) is 1. The van der Waals surface area contributed by atoms with Crippen LogP contribution < -0.4 is 0 Å². The van der Waals surface area contributed by atoms with Crippen LogP contribution in [0.2, 0.25) is 0 Å². The minimum atomic E-state index is 0.145. The van der Waals surface area contributed by atoms with E-state index in [-0.39, 0.29) is 5.78 Å². The normalized spacial score (nSPS) is 10.2. The Labute approximate surface area is 92.6 Å². The highest BCUT2D eigenvalue weighted by molar-refractivity contribution is 7.13. The third kappa shape index (κ3) is 2.50. The fourth-order valence-corrected chi connectivity index (χ4v) is 2.07. The van der Waals surface area contributed by atoms with Gasteiger partial charge in [0.25, 0.3) is 0 Å². The summed E-state index contributed by atoms with van der Waals surface area (Å²) in [7, 11) is 0. The van der Waals surface area contributed by atoms with Gasteiger partial charge < -0.3 is 0 Å². The van der Waals surface area contributed by atoms with E-state index < -0.39 is 0 Å². The van der Waals surface area contributed by atoms with E-state index in [4.69, 9.17) is 0 Å². The number of hydrogen-bond donors (Lipinski definition) is 0. The van der Waals surface area contributed by atoms with Crippen LogP contribution in [0.15, 0.2) is 36.5 Å². The molecular formula is C12H11NOS. The van der Waals surface area contributed by atoms with Crippen LogP contribution >= 0.6 is 11.3 Å². The minimum absolute atomic E-state index is 0.145. The molecule has 0 aliphatic rings. The molecule has 3 heteroatoms. The predicted octanol–water partition coefficient (Wildman–Crippen LogP) is 2.88. The summed E-state index contributed by atoms with van der Waals surface area (Å²) in [5.74, 6) is 0.145. The molecule has 0 atom stereocenters. The summed E-state index contributed by atoms with van der Waals surface area (Å²) in [5.41, 5.74) is 1.05. The molecular weight excluding hydrogens is 206 g/mol. The van der Waals surface area contributed by atoms with Crippen molar-refractivity contribution in [1.29, 1.82) is 0 Å². The van der Waals surface area contributed by atoms with Gasteiger partial charge in [-0.05, 0) is 12.5 Å². The molecule has 0 N–H and O–H groups in total. The van der Waals surface area contributed by atoms with Crippen molar-refractivity contribution in [3.8, 4) is 0 Å². The van der Waals surface area contributed by atoms with E-state index in [9.17, 15) is 4.79 Å². The van der Waals surface area contributed by atoms with Gasteiger partial charge in [-0.25, -0.2) is 4.98 Å². The van der Waals surface area contributed by atoms with E-state index >= 15 is 0 Å². The van der Waals surface area contributed by atoms with Gasteiger partial charge in [-0.15, -0.1) is 11.3 Å². The Hall–Kier alpha value is -1.48. The van der Waals surface area contributed by atoms with E-state index in [2.05, 4.69) is 4.98 Å². The number of benzene rings is 1. The molecule has 2 nitrogen and oxygen atoms in total. The van der Waals surface area contributed by atoms with E-state index in [1.807, 2.05) is 37.3 Å². The Morgan fingerprint density at radius 2 is 2.07 bits per heavy atom. The molecule has 0 bridgehead atoms. The smallest absolute Gasteiger partial charge is 0.178 e. The molecule has 2 aromatic rings. The number of Topliss-reactive ketones (excluding diaryl/α,β-unsaturated/α-hetero) is 1. The lowest BCUT2D eigenvalue weighted by atomic mass is 10.1. The Balaban J connectivity index is 2.11. The number of aromatic nitrogens is 1. The molecule has 0 aliphatic heterocycles. The SMILES string of the molecule is Cc1ncc(C(=O)Cc2ccccc2)s1. The molecule has 0 saturated heterocycles. The van der Waals surface area contributed by atoms with Crippen molar-refractivity contribution in [2.24, 2.45) is 0 Å². The molecule has 0 amide bonds. The first-order valence-electron chi connectivity index (χ1n) is 4.75. The second-order valence-electron chi connectivity index (χ2n) is 3.33. The highest BCUT2D eigenvalue weighted by Gasteiger charge is 2.09. The average Bonchev–Trinajstić information content (AvgIpc) is 2.66. The zero-order valence-electron chi connectivity index (χ0n) is 8.43.